The molecule has 3 fully saturated rings. The summed E-state index contributed by atoms with van der Waals surface area (Å²) in [5.41, 5.74) is 1.04. The summed E-state index contributed by atoms with van der Waals surface area (Å²) in [6.45, 7) is 5.83. The Labute approximate surface area is 163 Å². The van der Waals surface area contributed by atoms with Crippen LogP contribution in [-0.2, 0) is 14.3 Å². The first-order valence-corrected chi connectivity index (χ1v) is 10.8. The van der Waals surface area contributed by atoms with Gasteiger partial charge in [-0.25, -0.2) is 0 Å². The summed E-state index contributed by atoms with van der Waals surface area (Å²) in [5.74, 6) is -0.198. The molecule has 0 bridgehead atoms. The number of carbonyl (C=O) groups is 2. The van der Waals surface area contributed by atoms with E-state index in [0.29, 0.717) is 24.2 Å². The van der Waals surface area contributed by atoms with Crippen LogP contribution in [0.25, 0.3) is 0 Å². The molecule has 0 aliphatic heterocycles. The Morgan fingerprint density at radius 2 is 1.96 bits per heavy atom. The van der Waals surface area contributed by atoms with E-state index in [-0.39, 0.29) is 16.0 Å². The number of carbonyl (C=O) groups excluding carboxylic acids is 2. The van der Waals surface area contributed by atoms with Crippen LogP contribution in [0.5, 0.6) is 0 Å². The topological polar surface area (TPSA) is 63.6 Å². The summed E-state index contributed by atoms with van der Waals surface area (Å²) >= 11 is 3.64. The standard InChI is InChI=1S/C21H29BrO4/c1-12(23)26-21(25)18(22)11-17-15-5-4-13-10-14(24)6-8-19(13,2)16(15)7-9-20(17,21)3/h10,15-18,25H,4-9,11H2,1-3H3/t15-,16+,17+,18-,19-,20-,21-/m0/s1. The minimum absolute atomic E-state index is 0.113. The number of ether oxygens (including phenoxy) is 1. The van der Waals surface area contributed by atoms with Gasteiger partial charge >= 0.3 is 5.97 Å². The third-order valence-electron chi connectivity index (χ3n) is 8.35. The van der Waals surface area contributed by atoms with E-state index in [4.69, 9.17) is 4.74 Å². The molecule has 0 spiro atoms. The highest BCUT2D eigenvalue weighted by molar-refractivity contribution is 9.09. The lowest BCUT2D eigenvalue weighted by Gasteiger charge is -2.58. The van der Waals surface area contributed by atoms with E-state index in [0.717, 1.165) is 38.5 Å². The van der Waals surface area contributed by atoms with Crippen molar-refractivity contribution in [1.29, 1.82) is 0 Å². The SMILES string of the molecule is CC(=O)O[C@@]1(O)[C@@H](Br)C[C@@H]2[C@H]3CCC4=CC(=O)CC[C@]4(C)[C@@H]3CC[C@@]21C. The van der Waals surface area contributed by atoms with E-state index in [1.807, 2.05) is 6.08 Å². The van der Waals surface area contributed by atoms with Crippen LogP contribution < -0.4 is 0 Å². The van der Waals surface area contributed by atoms with Gasteiger partial charge in [0.05, 0.1) is 4.83 Å². The molecule has 0 heterocycles. The molecule has 0 amide bonds. The average Bonchev–Trinajstić information content (AvgIpc) is 2.75. The third-order valence-corrected chi connectivity index (χ3v) is 9.35. The molecule has 0 aromatic carbocycles. The number of esters is 1. The number of hydrogen-bond donors (Lipinski definition) is 1. The molecule has 1 N–H and O–H groups in total. The molecule has 144 valence electrons. The van der Waals surface area contributed by atoms with Crippen molar-refractivity contribution in [2.45, 2.75) is 76.3 Å². The highest BCUT2D eigenvalue weighted by Crippen LogP contribution is 2.68. The second kappa shape index (κ2) is 5.91. The molecule has 0 aromatic heterocycles. The van der Waals surface area contributed by atoms with Gasteiger partial charge in [-0.1, -0.05) is 35.4 Å². The van der Waals surface area contributed by atoms with Gasteiger partial charge in [0.15, 0.2) is 5.78 Å². The number of fused-ring (bicyclic) bond motifs is 5. The van der Waals surface area contributed by atoms with E-state index < -0.39 is 17.2 Å². The third kappa shape index (κ3) is 2.35. The van der Waals surface area contributed by atoms with Crippen LogP contribution in [0.2, 0.25) is 0 Å². The lowest BCUT2D eigenvalue weighted by Crippen LogP contribution is -2.57. The maximum Gasteiger partial charge on any atom is 0.305 e. The second-order valence-electron chi connectivity index (χ2n) is 9.42. The normalized spacial score (nSPS) is 50.3. The zero-order valence-electron chi connectivity index (χ0n) is 15.9. The Morgan fingerprint density at radius 3 is 2.65 bits per heavy atom. The molecule has 4 nitrogen and oxygen atoms in total. The van der Waals surface area contributed by atoms with Crippen molar-refractivity contribution in [1.82, 2.24) is 0 Å². The molecule has 4 aliphatic rings. The smallest absolute Gasteiger partial charge is 0.305 e. The second-order valence-corrected chi connectivity index (χ2v) is 10.5. The Hall–Kier alpha value is -0.680. The first kappa shape index (κ1) is 18.7. The van der Waals surface area contributed by atoms with Gasteiger partial charge in [0.1, 0.15) is 0 Å². The summed E-state index contributed by atoms with van der Waals surface area (Å²) in [6.07, 6.45) is 8.27. The van der Waals surface area contributed by atoms with E-state index >= 15 is 0 Å². The van der Waals surface area contributed by atoms with Gasteiger partial charge in [-0.2, -0.15) is 0 Å². The number of allylic oxidation sites excluding steroid dienone is 1. The van der Waals surface area contributed by atoms with Gasteiger partial charge in [0, 0.05) is 18.8 Å². The van der Waals surface area contributed by atoms with Crippen LogP contribution >= 0.6 is 15.9 Å². The van der Waals surface area contributed by atoms with Crippen molar-refractivity contribution in [2.75, 3.05) is 0 Å². The van der Waals surface area contributed by atoms with Gasteiger partial charge in [-0.3, -0.25) is 9.59 Å². The lowest BCUT2D eigenvalue weighted by atomic mass is 9.47. The van der Waals surface area contributed by atoms with Gasteiger partial charge in [0.25, 0.3) is 0 Å². The number of rotatable bonds is 1. The van der Waals surface area contributed by atoms with E-state index in [2.05, 4.69) is 29.8 Å². The fraction of sp³-hybridized carbons (Fsp3) is 0.810. The largest absolute Gasteiger partial charge is 0.432 e. The quantitative estimate of drug-likeness (QED) is 0.390. The Bertz CT molecular complexity index is 687. The molecular formula is C21H29BrO4. The molecule has 5 heteroatoms. The van der Waals surface area contributed by atoms with Gasteiger partial charge in [0.2, 0.25) is 5.79 Å². The summed E-state index contributed by atoms with van der Waals surface area (Å²) in [6, 6.07) is 0. The molecule has 26 heavy (non-hydrogen) atoms. The molecule has 0 unspecified atom stereocenters. The Balaban J connectivity index is 1.69. The van der Waals surface area contributed by atoms with Gasteiger partial charge < -0.3 is 9.84 Å². The monoisotopic (exact) mass is 424 g/mol. The van der Waals surface area contributed by atoms with Crippen LogP contribution in [0.15, 0.2) is 11.6 Å². The first-order chi connectivity index (χ1) is 12.1. The summed E-state index contributed by atoms with van der Waals surface area (Å²) < 4.78 is 5.52. The molecule has 0 aromatic rings. The number of hydrogen-bond acceptors (Lipinski definition) is 4. The lowest BCUT2D eigenvalue weighted by molar-refractivity contribution is -0.260. The summed E-state index contributed by atoms with van der Waals surface area (Å²) in [7, 11) is 0. The minimum Gasteiger partial charge on any atom is -0.432 e. The van der Waals surface area contributed by atoms with E-state index in [1.54, 1.807) is 0 Å². The molecular weight excluding hydrogens is 396 g/mol. The zero-order valence-corrected chi connectivity index (χ0v) is 17.5. The number of aliphatic hydroxyl groups is 1. The predicted molar refractivity (Wildman–Crippen MR) is 102 cm³/mol. The number of alkyl halides is 1. The van der Waals surface area contributed by atoms with Crippen molar-refractivity contribution in [3.63, 3.8) is 0 Å². The fourth-order valence-corrected chi connectivity index (χ4v) is 7.92. The van der Waals surface area contributed by atoms with Crippen LogP contribution in [0.4, 0.5) is 0 Å². The average molecular weight is 425 g/mol. The minimum atomic E-state index is -1.44. The highest BCUT2D eigenvalue weighted by atomic mass is 79.9. The highest BCUT2D eigenvalue weighted by Gasteiger charge is 2.69. The van der Waals surface area contributed by atoms with Crippen molar-refractivity contribution >= 4 is 27.7 Å². The predicted octanol–water partition coefficient (Wildman–Crippen LogP) is 4.14. The summed E-state index contributed by atoms with van der Waals surface area (Å²) in [5, 5.41) is 11.4. The van der Waals surface area contributed by atoms with Crippen molar-refractivity contribution in [3.8, 4) is 0 Å². The van der Waals surface area contributed by atoms with E-state index in [9.17, 15) is 14.7 Å². The van der Waals surface area contributed by atoms with Crippen LogP contribution in [-0.4, -0.2) is 27.5 Å². The molecule has 4 aliphatic carbocycles. The first-order valence-electron chi connectivity index (χ1n) is 9.92. The molecule has 0 radical (unpaired) electrons. The molecule has 0 saturated heterocycles. The van der Waals surface area contributed by atoms with Crippen LogP contribution in [0.3, 0.4) is 0 Å². The van der Waals surface area contributed by atoms with E-state index in [1.165, 1.54) is 12.5 Å². The maximum atomic E-state index is 11.9. The molecule has 3 saturated carbocycles. The summed E-state index contributed by atoms with van der Waals surface area (Å²) in [4.78, 5) is 23.4. The van der Waals surface area contributed by atoms with Crippen molar-refractivity contribution in [3.05, 3.63) is 11.6 Å². The maximum absolute atomic E-state index is 11.9. The van der Waals surface area contributed by atoms with Gasteiger partial charge in [-0.15, -0.1) is 0 Å². The Morgan fingerprint density at radius 1 is 1.23 bits per heavy atom. The number of halogens is 1. The zero-order chi connectivity index (χ0) is 18.9. The van der Waals surface area contributed by atoms with Crippen LogP contribution in [0.1, 0.15) is 65.7 Å². The fourth-order valence-electron chi connectivity index (χ4n) is 6.90. The molecule has 7 atom stereocenters. The number of ketones is 1. The van der Waals surface area contributed by atoms with Gasteiger partial charge in [-0.05, 0) is 67.8 Å². The Kier molecular flexibility index (Phi) is 4.24. The van der Waals surface area contributed by atoms with Crippen molar-refractivity contribution < 1.29 is 19.4 Å². The van der Waals surface area contributed by atoms with Crippen molar-refractivity contribution in [2.24, 2.45) is 28.6 Å². The van der Waals surface area contributed by atoms with Crippen LogP contribution in [0, 0.1) is 28.6 Å². The molecule has 4 rings (SSSR count).